The molecule has 17 heavy (non-hydrogen) atoms. The molecule has 0 bridgehead atoms. The number of rotatable bonds is 5. The van der Waals surface area contributed by atoms with Crippen LogP contribution < -0.4 is 0 Å². The monoisotopic (exact) mass is 237 g/mol. The number of hydrogen-bond acceptors (Lipinski definition) is 4. The van der Waals surface area contributed by atoms with Crippen LogP contribution in [0.2, 0.25) is 0 Å². The first kappa shape index (κ1) is 13.5. The zero-order chi connectivity index (χ0) is 12.7. The molecule has 4 nitrogen and oxygen atoms in total. The molecule has 0 saturated heterocycles. The molecule has 0 aromatic carbocycles. The Bertz CT molecular complexity index is 345. The number of ketones is 1. The first-order valence-electron chi connectivity index (χ1n) is 6.02. The van der Waals surface area contributed by atoms with Crippen molar-refractivity contribution in [2.45, 2.75) is 33.1 Å². The molecule has 1 rings (SSSR count). The first-order chi connectivity index (χ1) is 8.17. The Hall–Kier alpha value is -1.58. The Morgan fingerprint density at radius 3 is 2.88 bits per heavy atom. The van der Waals surface area contributed by atoms with E-state index in [0.29, 0.717) is 12.2 Å². The minimum atomic E-state index is -0.397. The summed E-state index contributed by atoms with van der Waals surface area (Å²) in [5.41, 5.74) is 0.429. The second-order valence-electron chi connectivity index (χ2n) is 3.93. The van der Waals surface area contributed by atoms with Crippen molar-refractivity contribution in [2.75, 3.05) is 13.2 Å². The summed E-state index contributed by atoms with van der Waals surface area (Å²) in [5.74, 6) is -0.464. The molecule has 4 heteroatoms. The highest BCUT2D eigenvalue weighted by Crippen LogP contribution is 2.13. The van der Waals surface area contributed by atoms with Gasteiger partial charge < -0.3 is 9.64 Å². The number of carbonyl (C=O) groups is 2. The van der Waals surface area contributed by atoms with E-state index in [2.05, 4.69) is 6.92 Å². The third-order valence-electron chi connectivity index (χ3n) is 2.45. The lowest BCUT2D eigenvalue weighted by Gasteiger charge is -2.15. The minimum Gasteiger partial charge on any atom is -0.463 e. The lowest BCUT2D eigenvalue weighted by Crippen LogP contribution is -2.15. The summed E-state index contributed by atoms with van der Waals surface area (Å²) in [6.07, 6.45) is 7.17. The van der Waals surface area contributed by atoms with Crippen molar-refractivity contribution in [3.8, 4) is 0 Å². The zero-order valence-electron chi connectivity index (χ0n) is 10.4. The largest absolute Gasteiger partial charge is 0.463 e. The van der Waals surface area contributed by atoms with Gasteiger partial charge in [0.2, 0.25) is 0 Å². The van der Waals surface area contributed by atoms with Gasteiger partial charge in [-0.2, -0.15) is 0 Å². The summed E-state index contributed by atoms with van der Waals surface area (Å²) in [7, 11) is 0. The highest BCUT2D eigenvalue weighted by atomic mass is 16.5. The fourth-order valence-corrected chi connectivity index (χ4v) is 1.54. The van der Waals surface area contributed by atoms with E-state index in [-0.39, 0.29) is 12.2 Å². The molecule has 0 N–H and O–H groups in total. The van der Waals surface area contributed by atoms with Crippen molar-refractivity contribution in [2.24, 2.45) is 0 Å². The molecular formula is C13H19NO3. The molecule has 0 aromatic heterocycles. The predicted octanol–water partition coefficient (Wildman–Crippen LogP) is 2.02. The van der Waals surface area contributed by atoms with E-state index in [9.17, 15) is 9.59 Å². The fraction of sp³-hybridized carbons (Fsp3) is 0.538. The zero-order valence-corrected chi connectivity index (χ0v) is 10.4. The van der Waals surface area contributed by atoms with Crippen molar-refractivity contribution in [1.82, 2.24) is 4.90 Å². The number of unbranched alkanes of at least 4 members (excludes halogenated alkanes) is 1. The van der Waals surface area contributed by atoms with Gasteiger partial charge in [0.15, 0.2) is 5.78 Å². The molecule has 0 saturated carbocycles. The molecule has 0 atom stereocenters. The molecular weight excluding hydrogens is 218 g/mol. The molecule has 1 aliphatic heterocycles. The number of esters is 1. The van der Waals surface area contributed by atoms with E-state index in [1.807, 2.05) is 4.90 Å². The van der Waals surface area contributed by atoms with Gasteiger partial charge in [-0.25, -0.2) is 4.79 Å². The molecule has 1 heterocycles. The van der Waals surface area contributed by atoms with E-state index in [1.54, 1.807) is 19.3 Å². The molecule has 0 fully saturated rings. The predicted molar refractivity (Wildman–Crippen MR) is 65.1 cm³/mol. The van der Waals surface area contributed by atoms with Gasteiger partial charge in [0.05, 0.1) is 12.2 Å². The van der Waals surface area contributed by atoms with Gasteiger partial charge in [-0.15, -0.1) is 0 Å². The fourth-order valence-electron chi connectivity index (χ4n) is 1.54. The Morgan fingerprint density at radius 1 is 1.47 bits per heavy atom. The van der Waals surface area contributed by atoms with E-state index >= 15 is 0 Å². The van der Waals surface area contributed by atoms with Crippen LogP contribution in [-0.2, 0) is 14.3 Å². The van der Waals surface area contributed by atoms with Gasteiger partial charge in [-0.3, -0.25) is 4.79 Å². The number of hydrogen-bond donors (Lipinski definition) is 0. The van der Waals surface area contributed by atoms with Gasteiger partial charge in [-0.1, -0.05) is 13.3 Å². The normalized spacial score (nSPS) is 15.5. The average molecular weight is 237 g/mol. The van der Waals surface area contributed by atoms with Crippen LogP contribution in [0, 0.1) is 0 Å². The van der Waals surface area contributed by atoms with Crippen LogP contribution in [0.5, 0.6) is 0 Å². The smallest absolute Gasteiger partial charge is 0.335 e. The Morgan fingerprint density at radius 2 is 2.24 bits per heavy atom. The van der Waals surface area contributed by atoms with E-state index in [1.165, 1.54) is 6.08 Å². The number of nitrogens with zero attached hydrogens (tertiary/aromatic N) is 1. The summed E-state index contributed by atoms with van der Waals surface area (Å²) in [6, 6.07) is 0. The van der Waals surface area contributed by atoms with Crippen LogP contribution in [-0.4, -0.2) is 29.8 Å². The second-order valence-corrected chi connectivity index (χ2v) is 3.93. The lowest BCUT2D eigenvalue weighted by molar-refractivity contribution is -0.139. The Balaban J connectivity index is 2.76. The number of ether oxygens (including phenoxy) is 1. The third kappa shape index (κ3) is 4.43. The second kappa shape index (κ2) is 6.89. The third-order valence-corrected chi connectivity index (χ3v) is 2.45. The number of allylic oxidation sites excluding steroid dienone is 1. The lowest BCUT2D eigenvalue weighted by atomic mass is 10.1. The minimum absolute atomic E-state index is 0.0664. The molecule has 0 aromatic rings. The Labute approximate surface area is 102 Å². The van der Waals surface area contributed by atoms with Gasteiger partial charge in [0.25, 0.3) is 0 Å². The Kier molecular flexibility index (Phi) is 5.46. The van der Waals surface area contributed by atoms with Crippen molar-refractivity contribution >= 4 is 11.8 Å². The average Bonchev–Trinajstić information content (AvgIpc) is 2.49. The van der Waals surface area contributed by atoms with Crippen molar-refractivity contribution < 1.29 is 14.3 Å². The summed E-state index contributed by atoms with van der Waals surface area (Å²) in [4.78, 5) is 25.0. The van der Waals surface area contributed by atoms with Crippen LogP contribution in [0.25, 0.3) is 0 Å². The van der Waals surface area contributed by atoms with Gasteiger partial charge >= 0.3 is 5.97 Å². The summed E-state index contributed by atoms with van der Waals surface area (Å²) >= 11 is 0. The molecule has 94 valence electrons. The van der Waals surface area contributed by atoms with E-state index < -0.39 is 5.97 Å². The van der Waals surface area contributed by atoms with Crippen LogP contribution in [0.1, 0.15) is 33.1 Å². The van der Waals surface area contributed by atoms with Gasteiger partial charge in [0.1, 0.15) is 0 Å². The number of carbonyl (C=O) groups excluding carboxylic acids is 2. The SMILES string of the molecule is CCCCN1C=CC(=O)CC(C(=O)OCC)=C1. The van der Waals surface area contributed by atoms with Crippen LogP contribution in [0.15, 0.2) is 24.0 Å². The van der Waals surface area contributed by atoms with Crippen LogP contribution in [0.4, 0.5) is 0 Å². The standard InChI is InChI=1S/C13H19NO3/c1-3-5-7-14-8-6-12(15)9-11(10-14)13(16)17-4-2/h6,8,10H,3-5,7,9H2,1-2H3. The maximum absolute atomic E-state index is 11.6. The summed E-state index contributed by atoms with van der Waals surface area (Å²) < 4.78 is 4.92. The van der Waals surface area contributed by atoms with Crippen molar-refractivity contribution in [3.63, 3.8) is 0 Å². The first-order valence-corrected chi connectivity index (χ1v) is 6.02. The molecule has 0 aliphatic carbocycles. The van der Waals surface area contributed by atoms with Crippen molar-refractivity contribution in [1.29, 1.82) is 0 Å². The summed E-state index contributed by atoms with van der Waals surface area (Å²) in [5, 5.41) is 0. The highest BCUT2D eigenvalue weighted by Gasteiger charge is 2.17. The maximum atomic E-state index is 11.6. The molecule has 0 unspecified atom stereocenters. The van der Waals surface area contributed by atoms with Gasteiger partial charge in [0, 0.05) is 25.4 Å². The van der Waals surface area contributed by atoms with E-state index in [4.69, 9.17) is 4.74 Å². The topological polar surface area (TPSA) is 46.6 Å². The quantitative estimate of drug-likeness (QED) is 0.686. The molecule has 0 spiro atoms. The van der Waals surface area contributed by atoms with Gasteiger partial charge in [-0.05, 0) is 19.4 Å². The molecule has 1 aliphatic rings. The van der Waals surface area contributed by atoms with Crippen LogP contribution >= 0.6 is 0 Å². The summed E-state index contributed by atoms with van der Waals surface area (Å²) in [6.45, 7) is 4.99. The highest BCUT2D eigenvalue weighted by molar-refractivity contribution is 6.00. The molecule has 0 amide bonds. The van der Waals surface area contributed by atoms with E-state index in [0.717, 1.165) is 19.4 Å². The van der Waals surface area contributed by atoms with Crippen molar-refractivity contribution in [3.05, 3.63) is 24.0 Å². The maximum Gasteiger partial charge on any atom is 0.335 e. The molecule has 0 radical (unpaired) electrons. The van der Waals surface area contributed by atoms with Crippen LogP contribution in [0.3, 0.4) is 0 Å².